The number of pyridine rings is 1. The number of rotatable bonds is 6. The van der Waals surface area contributed by atoms with E-state index in [0.717, 1.165) is 24.8 Å². The molecule has 7 nitrogen and oxygen atoms in total. The number of carbonyl (C=O) groups is 2. The maximum absolute atomic E-state index is 13.4. The largest absolute Gasteiger partial charge is 0.396 e. The van der Waals surface area contributed by atoms with Crippen molar-refractivity contribution >= 4 is 11.8 Å². The molecule has 0 radical (unpaired) electrons. The summed E-state index contributed by atoms with van der Waals surface area (Å²) in [5.41, 5.74) is 1.70. The lowest BCUT2D eigenvalue weighted by Gasteiger charge is -2.41. The molecule has 2 aliphatic heterocycles. The van der Waals surface area contributed by atoms with E-state index < -0.39 is 17.9 Å². The fourth-order valence-electron chi connectivity index (χ4n) is 5.62. The highest BCUT2D eigenvalue weighted by atomic mass is 16.3. The van der Waals surface area contributed by atoms with Gasteiger partial charge < -0.3 is 19.9 Å². The average Bonchev–Trinajstić information content (AvgIpc) is 3.00. The van der Waals surface area contributed by atoms with Gasteiger partial charge in [0.1, 0.15) is 0 Å². The second-order valence-corrected chi connectivity index (χ2v) is 9.18. The molecule has 0 unspecified atom stereocenters. The molecule has 0 spiro atoms. The third kappa shape index (κ3) is 3.45. The minimum Gasteiger partial charge on any atom is -0.396 e. The van der Waals surface area contributed by atoms with Crippen molar-refractivity contribution in [2.45, 2.75) is 44.3 Å². The van der Waals surface area contributed by atoms with E-state index in [-0.39, 0.29) is 35.9 Å². The molecule has 3 heterocycles. The van der Waals surface area contributed by atoms with Crippen LogP contribution in [0.1, 0.15) is 36.6 Å². The van der Waals surface area contributed by atoms with E-state index in [2.05, 4.69) is 5.32 Å². The van der Waals surface area contributed by atoms with Crippen LogP contribution in [0.4, 0.5) is 0 Å². The number of carbonyl (C=O) groups excluding carboxylic acids is 2. The van der Waals surface area contributed by atoms with Gasteiger partial charge in [-0.2, -0.15) is 0 Å². The van der Waals surface area contributed by atoms with Crippen molar-refractivity contribution < 1.29 is 14.7 Å². The van der Waals surface area contributed by atoms with E-state index in [1.54, 1.807) is 10.6 Å². The van der Waals surface area contributed by atoms with Crippen molar-refractivity contribution in [2.75, 3.05) is 13.2 Å². The normalized spacial score (nSPS) is 26.3. The van der Waals surface area contributed by atoms with Gasteiger partial charge in [0.05, 0.1) is 18.0 Å². The maximum atomic E-state index is 13.4. The van der Waals surface area contributed by atoms with Gasteiger partial charge in [0, 0.05) is 43.3 Å². The quantitative estimate of drug-likeness (QED) is 0.719. The molecule has 1 aromatic carbocycles. The molecule has 5 rings (SSSR count). The molecule has 4 atom stereocenters. The van der Waals surface area contributed by atoms with Crippen molar-refractivity contribution in [3.05, 3.63) is 70.1 Å². The first-order valence-corrected chi connectivity index (χ1v) is 11.5. The van der Waals surface area contributed by atoms with Gasteiger partial charge in [-0.05, 0) is 30.9 Å². The summed E-state index contributed by atoms with van der Waals surface area (Å²) in [5.74, 6) is -1.10. The van der Waals surface area contributed by atoms with Crippen LogP contribution < -0.4 is 10.9 Å². The van der Waals surface area contributed by atoms with Crippen molar-refractivity contribution in [3.63, 3.8) is 0 Å². The van der Waals surface area contributed by atoms with E-state index in [1.165, 1.54) is 6.07 Å². The predicted octanol–water partition coefficient (Wildman–Crippen LogP) is 1.50. The van der Waals surface area contributed by atoms with Crippen LogP contribution in [0.2, 0.25) is 0 Å². The average molecular weight is 436 g/mol. The molecule has 1 aromatic heterocycles. The topological polar surface area (TPSA) is 91.6 Å². The van der Waals surface area contributed by atoms with Crippen molar-refractivity contribution in [1.29, 1.82) is 0 Å². The molecule has 168 valence electrons. The van der Waals surface area contributed by atoms with E-state index in [1.807, 2.05) is 41.3 Å². The van der Waals surface area contributed by atoms with Crippen LogP contribution in [0.5, 0.6) is 0 Å². The highest BCUT2D eigenvalue weighted by molar-refractivity contribution is 5.85. The number of hydrogen-bond acceptors (Lipinski definition) is 4. The van der Waals surface area contributed by atoms with Crippen LogP contribution in [0.15, 0.2) is 53.3 Å². The Labute approximate surface area is 187 Å². The van der Waals surface area contributed by atoms with E-state index >= 15 is 0 Å². The molecule has 2 aromatic rings. The molecule has 1 aliphatic carbocycles. The Morgan fingerprint density at radius 2 is 1.84 bits per heavy atom. The van der Waals surface area contributed by atoms with E-state index in [9.17, 15) is 19.5 Å². The van der Waals surface area contributed by atoms with Crippen LogP contribution in [-0.2, 0) is 22.6 Å². The lowest BCUT2D eigenvalue weighted by molar-refractivity contribution is -0.143. The van der Waals surface area contributed by atoms with Gasteiger partial charge in [-0.3, -0.25) is 14.4 Å². The second kappa shape index (κ2) is 8.54. The summed E-state index contributed by atoms with van der Waals surface area (Å²) in [6, 6.07) is 14.1. The number of nitrogens with zero attached hydrogens (tertiary/aromatic N) is 2. The molecule has 32 heavy (non-hydrogen) atoms. The Balaban J connectivity index is 1.44. The third-order valence-electron chi connectivity index (χ3n) is 7.49. The first-order valence-electron chi connectivity index (χ1n) is 11.5. The molecule has 2 bridgehead atoms. The van der Waals surface area contributed by atoms with Crippen molar-refractivity contribution in [3.8, 4) is 0 Å². The van der Waals surface area contributed by atoms with Gasteiger partial charge in [-0.1, -0.05) is 42.8 Å². The summed E-state index contributed by atoms with van der Waals surface area (Å²) < 4.78 is 1.68. The summed E-state index contributed by atoms with van der Waals surface area (Å²) in [4.78, 5) is 41.2. The number of amides is 2. The Hall–Kier alpha value is -2.93. The Kier molecular flexibility index (Phi) is 5.59. The van der Waals surface area contributed by atoms with Gasteiger partial charge in [-0.25, -0.2) is 0 Å². The number of aliphatic hydroxyl groups excluding tert-OH is 1. The van der Waals surface area contributed by atoms with Crippen molar-refractivity contribution in [1.82, 2.24) is 14.8 Å². The maximum Gasteiger partial charge on any atom is 0.250 e. The summed E-state index contributed by atoms with van der Waals surface area (Å²) in [7, 11) is 0. The monoisotopic (exact) mass is 435 g/mol. The molecular formula is C25H29N3O4. The lowest BCUT2D eigenvalue weighted by Crippen LogP contribution is -2.51. The molecule has 3 aliphatic rings. The number of fused-ring (bicyclic) bond motifs is 4. The first kappa shape index (κ1) is 20.9. The van der Waals surface area contributed by atoms with Crippen LogP contribution in [0, 0.1) is 17.8 Å². The van der Waals surface area contributed by atoms with E-state index in [0.29, 0.717) is 25.2 Å². The zero-order valence-electron chi connectivity index (χ0n) is 18.0. The molecule has 2 fully saturated rings. The fourth-order valence-corrected chi connectivity index (χ4v) is 5.62. The standard InChI is InChI=1S/C25H29N3O4/c29-15-18-20-14-27-19(10-5-11-21(27)30)23(28(20)25(32)17-8-4-9-17)22(18)24(31)26-13-12-16-6-2-1-3-7-16/h1-3,5-7,10-11,17-18,20,22-23,29H,4,8-9,12-15H2,(H,26,31)/t18-,20-,22+,23+/m0/s1. The third-order valence-corrected chi connectivity index (χ3v) is 7.49. The van der Waals surface area contributed by atoms with Gasteiger partial charge in [0.2, 0.25) is 11.8 Å². The zero-order chi connectivity index (χ0) is 22.2. The van der Waals surface area contributed by atoms with Crippen LogP contribution in [0.3, 0.4) is 0 Å². The minimum atomic E-state index is -0.583. The Morgan fingerprint density at radius 1 is 1.06 bits per heavy atom. The molecule has 2 amide bonds. The highest BCUT2D eigenvalue weighted by Crippen LogP contribution is 2.49. The number of benzene rings is 1. The molecule has 7 heteroatoms. The number of hydrogen-bond donors (Lipinski definition) is 2. The van der Waals surface area contributed by atoms with E-state index in [4.69, 9.17) is 0 Å². The molecule has 1 saturated heterocycles. The summed E-state index contributed by atoms with van der Waals surface area (Å²) in [5, 5.41) is 13.3. The zero-order valence-corrected chi connectivity index (χ0v) is 18.0. The van der Waals surface area contributed by atoms with Gasteiger partial charge in [-0.15, -0.1) is 0 Å². The van der Waals surface area contributed by atoms with Gasteiger partial charge in [0.25, 0.3) is 5.56 Å². The van der Waals surface area contributed by atoms with Crippen LogP contribution in [-0.4, -0.2) is 45.6 Å². The minimum absolute atomic E-state index is 0.0128. The van der Waals surface area contributed by atoms with Crippen molar-refractivity contribution in [2.24, 2.45) is 17.8 Å². The fraction of sp³-hybridized carbons (Fsp3) is 0.480. The lowest BCUT2D eigenvalue weighted by atomic mass is 9.83. The molecule has 2 N–H and O–H groups in total. The summed E-state index contributed by atoms with van der Waals surface area (Å²) in [6.45, 7) is 0.602. The molecular weight excluding hydrogens is 406 g/mol. The molecule has 1 saturated carbocycles. The van der Waals surface area contributed by atoms with Gasteiger partial charge in [0.15, 0.2) is 0 Å². The summed E-state index contributed by atoms with van der Waals surface area (Å²) >= 11 is 0. The number of aliphatic hydroxyl groups is 1. The Morgan fingerprint density at radius 3 is 2.53 bits per heavy atom. The second-order valence-electron chi connectivity index (χ2n) is 9.18. The SMILES string of the molecule is O=C(NCCc1ccccc1)[C@@H]1[C@@H](CO)[C@@H]2Cn3c(cccc3=O)[C@H]1N2C(=O)C1CCC1. The number of nitrogens with one attached hydrogen (secondary N) is 1. The van der Waals surface area contributed by atoms with Gasteiger partial charge >= 0.3 is 0 Å². The smallest absolute Gasteiger partial charge is 0.250 e. The summed E-state index contributed by atoms with van der Waals surface area (Å²) in [6.07, 6.45) is 3.49. The first-order chi connectivity index (χ1) is 15.6. The van der Waals surface area contributed by atoms with Crippen LogP contribution in [0.25, 0.3) is 0 Å². The number of aromatic nitrogens is 1. The van der Waals surface area contributed by atoms with Crippen LogP contribution >= 0.6 is 0 Å². The Bertz CT molecular complexity index is 1060. The predicted molar refractivity (Wildman–Crippen MR) is 119 cm³/mol. The highest BCUT2D eigenvalue weighted by Gasteiger charge is 2.58.